The van der Waals surface area contributed by atoms with Gasteiger partial charge in [-0.25, -0.2) is 0 Å². The zero-order valence-electron chi connectivity index (χ0n) is 9.18. The summed E-state index contributed by atoms with van der Waals surface area (Å²) in [5, 5.41) is 3.08. The standard InChI is InChI=1S/C10H21N3O/c1-3-6-13-7-4-10(12-2,5-8-13)9(11)14/h12H,3-8H2,1-2H3,(H2,11,14). The van der Waals surface area contributed by atoms with Gasteiger partial charge in [-0.2, -0.15) is 0 Å². The Kier molecular flexibility index (Phi) is 3.89. The molecule has 1 saturated heterocycles. The van der Waals surface area contributed by atoms with Crippen LogP contribution in [0.4, 0.5) is 0 Å². The average Bonchev–Trinajstić information content (AvgIpc) is 2.19. The highest BCUT2D eigenvalue weighted by Gasteiger charge is 2.37. The number of nitrogens with zero attached hydrogens (tertiary/aromatic N) is 1. The summed E-state index contributed by atoms with van der Waals surface area (Å²) < 4.78 is 0. The highest BCUT2D eigenvalue weighted by atomic mass is 16.1. The van der Waals surface area contributed by atoms with Crippen molar-refractivity contribution in [3.63, 3.8) is 0 Å². The van der Waals surface area contributed by atoms with Crippen molar-refractivity contribution in [1.82, 2.24) is 10.2 Å². The fourth-order valence-electron chi connectivity index (χ4n) is 2.09. The molecule has 0 bridgehead atoms. The first kappa shape index (κ1) is 11.5. The molecule has 0 radical (unpaired) electrons. The van der Waals surface area contributed by atoms with Crippen LogP contribution >= 0.6 is 0 Å². The lowest BCUT2D eigenvalue weighted by molar-refractivity contribution is -0.126. The van der Waals surface area contributed by atoms with Crippen LogP contribution in [0.2, 0.25) is 0 Å². The van der Waals surface area contributed by atoms with Crippen LogP contribution < -0.4 is 11.1 Å². The Bertz CT molecular complexity index is 198. The van der Waals surface area contributed by atoms with Crippen LogP contribution in [0.3, 0.4) is 0 Å². The average molecular weight is 199 g/mol. The number of amides is 1. The first-order valence-electron chi connectivity index (χ1n) is 5.36. The molecule has 0 aromatic carbocycles. The molecule has 4 heteroatoms. The van der Waals surface area contributed by atoms with Gasteiger partial charge in [-0.05, 0) is 32.9 Å². The second-order valence-corrected chi connectivity index (χ2v) is 4.04. The van der Waals surface area contributed by atoms with Crippen LogP contribution in [0.1, 0.15) is 26.2 Å². The molecule has 1 fully saturated rings. The molecular formula is C10H21N3O. The Balaban J connectivity index is 2.50. The van der Waals surface area contributed by atoms with Crippen molar-refractivity contribution in [3.05, 3.63) is 0 Å². The van der Waals surface area contributed by atoms with E-state index in [1.54, 1.807) is 0 Å². The van der Waals surface area contributed by atoms with E-state index >= 15 is 0 Å². The maximum absolute atomic E-state index is 11.3. The van der Waals surface area contributed by atoms with Crippen molar-refractivity contribution in [2.45, 2.75) is 31.7 Å². The van der Waals surface area contributed by atoms with E-state index in [2.05, 4.69) is 17.1 Å². The molecular weight excluding hydrogens is 178 g/mol. The van der Waals surface area contributed by atoms with Crippen molar-refractivity contribution in [3.8, 4) is 0 Å². The minimum Gasteiger partial charge on any atom is -0.368 e. The molecule has 1 aliphatic heterocycles. The molecule has 0 aliphatic carbocycles. The highest BCUT2D eigenvalue weighted by molar-refractivity contribution is 5.84. The lowest BCUT2D eigenvalue weighted by Crippen LogP contribution is -2.59. The first-order chi connectivity index (χ1) is 6.64. The van der Waals surface area contributed by atoms with Gasteiger partial charge in [0, 0.05) is 13.1 Å². The third-order valence-corrected chi connectivity index (χ3v) is 3.20. The molecule has 14 heavy (non-hydrogen) atoms. The molecule has 1 rings (SSSR count). The molecule has 1 aliphatic rings. The molecule has 0 unspecified atom stereocenters. The van der Waals surface area contributed by atoms with Crippen LogP contribution in [0.5, 0.6) is 0 Å². The van der Waals surface area contributed by atoms with Gasteiger partial charge in [0.15, 0.2) is 0 Å². The number of hydrogen-bond donors (Lipinski definition) is 2. The van der Waals surface area contributed by atoms with Crippen LogP contribution in [0, 0.1) is 0 Å². The minimum atomic E-state index is -0.454. The van der Waals surface area contributed by atoms with Crippen molar-refractivity contribution < 1.29 is 4.79 Å². The first-order valence-corrected chi connectivity index (χ1v) is 5.36. The number of rotatable bonds is 4. The third kappa shape index (κ3) is 2.25. The summed E-state index contributed by atoms with van der Waals surface area (Å²) in [6.45, 7) is 5.24. The molecule has 3 N–H and O–H groups in total. The van der Waals surface area contributed by atoms with Gasteiger partial charge in [0.25, 0.3) is 0 Å². The Morgan fingerprint density at radius 3 is 2.43 bits per heavy atom. The Hall–Kier alpha value is -0.610. The quantitative estimate of drug-likeness (QED) is 0.666. The molecule has 82 valence electrons. The Morgan fingerprint density at radius 2 is 2.07 bits per heavy atom. The molecule has 0 saturated carbocycles. The van der Waals surface area contributed by atoms with Crippen molar-refractivity contribution in [1.29, 1.82) is 0 Å². The van der Waals surface area contributed by atoms with Crippen LogP contribution in [-0.2, 0) is 4.79 Å². The summed E-state index contributed by atoms with van der Waals surface area (Å²) >= 11 is 0. The largest absolute Gasteiger partial charge is 0.368 e. The monoisotopic (exact) mass is 199 g/mol. The van der Waals surface area contributed by atoms with Crippen LogP contribution in [0.15, 0.2) is 0 Å². The lowest BCUT2D eigenvalue weighted by Gasteiger charge is -2.39. The number of likely N-dealkylation sites (N-methyl/N-ethyl adjacent to an activating group) is 1. The summed E-state index contributed by atoms with van der Waals surface area (Å²) in [6, 6.07) is 0. The van der Waals surface area contributed by atoms with Gasteiger partial charge in [-0.3, -0.25) is 4.79 Å². The highest BCUT2D eigenvalue weighted by Crippen LogP contribution is 2.21. The number of hydrogen-bond acceptors (Lipinski definition) is 3. The number of nitrogens with two attached hydrogens (primary N) is 1. The van der Waals surface area contributed by atoms with Gasteiger partial charge in [0.05, 0.1) is 5.54 Å². The Morgan fingerprint density at radius 1 is 1.50 bits per heavy atom. The molecule has 0 aromatic heterocycles. The van der Waals surface area contributed by atoms with Gasteiger partial charge in [0.2, 0.25) is 5.91 Å². The van der Waals surface area contributed by atoms with Gasteiger partial charge < -0.3 is 16.0 Å². The fraction of sp³-hybridized carbons (Fsp3) is 0.900. The summed E-state index contributed by atoms with van der Waals surface area (Å²) in [5.41, 5.74) is 4.96. The van der Waals surface area contributed by atoms with E-state index in [0.29, 0.717) is 0 Å². The van der Waals surface area contributed by atoms with Gasteiger partial charge in [-0.1, -0.05) is 6.92 Å². The summed E-state index contributed by atoms with van der Waals surface area (Å²) in [7, 11) is 1.82. The third-order valence-electron chi connectivity index (χ3n) is 3.20. The molecule has 1 amide bonds. The van der Waals surface area contributed by atoms with Crippen LogP contribution in [-0.4, -0.2) is 43.0 Å². The number of piperidine rings is 1. The molecule has 0 spiro atoms. The maximum atomic E-state index is 11.3. The van der Waals surface area contributed by atoms with E-state index in [9.17, 15) is 4.79 Å². The van der Waals surface area contributed by atoms with E-state index in [1.165, 1.54) is 6.42 Å². The predicted octanol–water partition coefficient (Wildman–Crippen LogP) is -0.0643. The van der Waals surface area contributed by atoms with E-state index in [1.807, 2.05) is 7.05 Å². The second kappa shape index (κ2) is 4.75. The zero-order valence-corrected chi connectivity index (χ0v) is 9.18. The Labute approximate surface area is 85.8 Å². The van der Waals surface area contributed by atoms with Crippen molar-refractivity contribution >= 4 is 5.91 Å². The molecule has 4 nitrogen and oxygen atoms in total. The number of nitrogens with one attached hydrogen (secondary N) is 1. The topological polar surface area (TPSA) is 58.4 Å². The maximum Gasteiger partial charge on any atom is 0.237 e. The summed E-state index contributed by atoms with van der Waals surface area (Å²) in [5.74, 6) is -0.212. The smallest absolute Gasteiger partial charge is 0.237 e. The molecule has 0 aromatic rings. The van der Waals surface area contributed by atoms with Gasteiger partial charge >= 0.3 is 0 Å². The number of primary amides is 1. The summed E-state index contributed by atoms with van der Waals surface area (Å²) in [4.78, 5) is 13.7. The van der Waals surface area contributed by atoms with Crippen molar-refractivity contribution in [2.75, 3.05) is 26.7 Å². The number of carbonyl (C=O) groups is 1. The second-order valence-electron chi connectivity index (χ2n) is 4.04. The van der Waals surface area contributed by atoms with Crippen LogP contribution in [0.25, 0.3) is 0 Å². The lowest BCUT2D eigenvalue weighted by atomic mass is 9.87. The molecule has 1 heterocycles. The van der Waals surface area contributed by atoms with Crippen molar-refractivity contribution in [2.24, 2.45) is 5.73 Å². The fourth-order valence-corrected chi connectivity index (χ4v) is 2.09. The normalized spacial score (nSPS) is 22.1. The predicted molar refractivity (Wildman–Crippen MR) is 57.0 cm³/mol. The number of likely N-dealkylation sites (tertiary alicyclic amines) is 1. The SMILES string of the molecule is CCCN1CCC(NC)(C(N)=O)CC1. The van der Waals surface area contributed by atoms with E-state index in [0.717, 1.165) is 32.5 Å². The molecule has 0 atom stereocenters. The minimum absolute atomic E-state index is 0.212. The number of carbonyl (C=O) groups excluding carboxylic acids is 1. The van der Waals surface area contributed by atoms with E-state index < -0.39 is 5.54 Å². The van der Waals surface area contributed by atoms with Gasteiger partial charge in [0.1, 0.15) is 0 Å². The summed E-state index contributed by atoms with van der Waals surface area (Å²) in [6.07, 6.45) is 2.83. The van der Waals surface area contributed by atoms with E-state index in [-0.39, 0.29) is 5.91 Å². The zero-order chi connectivity index (χ0) is 10.6. The van der Waals surface area contributed by atoms with Gasteiger partial charge in [-0.15, -0.1) is 0 Å². The van der Waals surface area contributed by atoms with E-state index in [4.69, 9.17) is 5.73 Å².